The second-order valence-electron chi connectivity index (χ2n) is 3.02. The van der Waals surface area contributed by atoms with E-state index in [-0.39, 0.29) is 5.91 Å². The topological polar surface area (TPSA) is 38.3 Å². The van der Waals surface area contributed by atoms with Gasteiger partial charge in [-0.15, -0.1) is 0 Å². The molecule has 0 saturated heterocycles. The molecule has 1 amide bonds. The predicted octanol–water partition coefficient (Wildman–Crippen LogP) is 2.40. The summed E-state index contributed by atoms with van der Waals surface area (Å²) in [7, 11) is 3.28. The largest absolute Gasteiger partial charge is 0.497 e. The smallest absolute Gasteiger partial charge is 0.220 e. The molecule has 0 aliphatic carbocycles. The van der Waals surface area contributed by atoms with Crippen LogP contribution in [0.25, 0.3) is 0 Å². The maximum atomic E-state index is 11.0. The van der Waals surface area contributed by atoms with Crippen molar-refractivity contribution in [3.05, 3.63) is 29.8 Å². The maximum absolute atomic E-state index is 11.0. The summed E-state index contributed by atoms with van der Waals surface area (Å²) in [5.74, 6) is 0.896. The van der Waals surface area contributed by atoms with Gasteiger partial charge in [0.15, 0.2) is 0 Å². The monoisotopic (exact) mass is 223 g/mol. The lowest BCUT2D eigenvalue weighted by Gasteiger charge is -2.03. The van der Waals surface area contributed by atoms with Crippen molar-refractivity contribution in [1.29, 1.82) is 0 Å². The maximum Gasteiger partial charge on any atom is 0.220 e. The summed E-state index contributed by atoms with van der Waals surface area (Å²) in [5.41, 5.74) is 1.12. The first kappa shape index (κ1) is 14.5. The van der Waals surface area contributed by atoms with E-state index in [4.69, 9.17) is 4.74 Å². The molecular formula is C13H21NO2. The molecule has 90 valence electrons. The highest BCUT2D eigenvalue weighted by molar-refractivity contribution is 5.75. The summed E-state index contributed by atoms with van der Waals surface area (Å²) >= 11 is 0. The summed E-state index contributed by atoms with van der Waals surface area (Å²) in [6.45, 7) is 4.00. The molecule has 3 heteroatoms. The number of rotatable bonds is 4. The number of benzene rings is 1. The Morgan fingerprint density at radius 2 is 2.06 bits per heavy atom. The first-order chi connectivity index (χ1) is 7.76. The minimum atomic E-state index is 0.0628. The summed E-state index contributed by atoms with van der Waals surface area (Å²) in [5, 5.41) is 2.59. The molecule has 0 atom stereocenters. The molecular weight excluding hydrogens is 202 g/mol. The van der Waals surface area contributed by atoms with Crippen LogP contribution in [0.4, 0.5) is 0 Å². The minimum absolute atomic E-state index is 0.0628. The van der Waals surface area contributed by atoms with Gasteiger partial charge in [0.2, 0.25) is 5.91 Å². The molecule has 0 saturated carbocycles. The van der Waals surface area contributed by atoms with Gasteiger partial charge < -0.3 is 10.1 Å². The average molecular weight is 223 g/mol. The van der Waals surface area contributed by atoms with Crippen molar-refractivity contribution >= 4 is 5.91 Å². The number of nitrogens with one attached hydrogen (secondary N) is 1. The van der Waals surface area contributed by atoms with Gasteiger partial charge in [-0.2, -0.15) is 0 Å². The molecule has 0 fully saturated rings. The lowest BCUT2D eigenvalue weighted by Crippen LogP contribution is -2.17. The minimum Gasteiger partial charge on any atom is -0.497 e. The van der Waals surface area contributed by atoms with Crippen LogP contribution in [0.1, 0.15) is 25.8 Å². The van der Waals surface area contributed by atoms with Gasteiger partial charge in [-0.1, -0.05) is 26.0 Å². The van der Waals surface area contributed by atoms with Crippen molar-refractivity contribution in [3.8, 4) is 5.75 Å². The van der Waals surface area contributed by atoms with Crippen LogP contribution < -0.4 is 10.1 Å². The number of hydrogen-bond donors (Lipinski definition) is 1. The Balaban J connectivity index is 0.00000106. The highest BCUT2D eigenvalue weighted by atomic mass is 16.5. The second-order valence-corrected chi connectivity index (χ2v) is 3.02. The van der Waals surface area contributed by atoms with Gasteiger partial charge in [0.05, 0.1) is 7.11 Å². The van der Waals surface area contributed by atoms with E-state index >= 15 is 0 Å². The van der Waals surface area contributed by atoms with E-state index in [2.05, 4.69) is 5.32 Å². The first-order valence-corrected chi connectivity index (χ1v) is 5.59. The summed E-state index contributed by atoms with van der Waals surface area (Å²) < 4.78 is 5.09. The van der Waals surface area contributed by atoms with E-state index < -0.39 is 0 Å². The van der Waals surface area contributed by atoms with Crippen LogP contribution in [0, 0.1) is 0 Å². The Bertz CT molecular complexity index is 311. The number of carbonyl (C=O) groups is 1. The van der Waals surface area contributed by atoms with Crippen LogP contribution in [0.5, 0.6) is 5.75 Å². The molecule has 0 spiro atoms. The Kier molecular flexibility index (Phi) is 7.94. The van der Waals surface area contributed by atoms with E-state index in [9.17, 15) is 4.79 Å². The van der Waals surface area contributed by atoms with E-state index in [0.717, 1.165) is 17.7 Å². The Labute approximate surface area is 97.8 Å². The zero-order valence-electron chi connectivity index (χ0n) is 10.5. The van der Waals surface area contributed by atoms with Gasteiger partial charge in [0.1, 0.15) is 5.75 Å². The van der Waals surface area contributed by atoms with Gasteiger partial charge in [0, 0.05) is 13.5 Å². The van der Waals surface area contributed by atoms with Gasteiger partial charge in [-0.25, -0.2) is 0 Å². The standard InChI is InChI=1S/C11H15NO2.C2H6/c1-12-11(13)7-6-9-4-3-5-10(8-9)14-2;1-2/h3-5,8H,6-7H2,1-2H3,(H,12,13);1-2H3. The Hall–Kier alpha value is -1.51. The van der Waals surface area contributed by atoms with Crippen LogP contribution in [0.15, 0.2) is 24.3 Å². The van der Waals surface area contributed by atoms with E-state index in [0.29, 0.717) is 6.42 Å². The number of hydrogen-bond acceptors (Lipinski definition) is 2. The van der Waals surface area contributed by atoms with Crippen molar-refractivity contribution in [3.63, 3.8) is 0 Å². The molecule has 1 N–H and O–H groups in total. The molecule has 0 aromatic heterocycles. The highest BCUT2D eigenvalue weighted by Crippen LogP contribution is 2.13. The van der Waals surface area contributed by atoms with E-state index in [1.807, 2.05) is 38.1 Å². The predicted molar refractivity (Wildman–Crippen MR) is 66.7 cm³/mol. The Morgan fingerprint density at radius 3 is 2.62 bits per heavy atom. The third-order valence-corrected chi connectivity index (χ3v) is 2.05. The van der Waals surface area contributed by atoms with Gasteiger partial charge in [-0.3, -0.25) is 4.79 Å². The van der Waals surface area contributed by atoms with Crippen LogP contribution in [0.3, 0.4) is 0 Å². The average Bonchev–Trinajstić information content (AvgIpc) is 2.38. The molecule has 0 aliphatic rings. The molecule has 3 nitrogen and oxygen atoms in total. The molecule has 0 aliphatic heterocycles. The lowest BCUT2D eigenvalue weighted by molar-refractivity contribution is -0.120. The molecule has 0 unspecified atom stereocenters. The molecule has 0 heterocycles. The Morgan fingerprint density at radius 1 is 1.38 bits per heavy atom. The van der Waals surface area contributed by atoms with Gasteiger partial charge in [-0.05, 0) is 24.1 Å². The van der Waals surface area contributed by atoms with Gasteiger partial charge >= 0.3 is 0 Å². The fourth-order valence-electron chi connectivity index (χ4n) is 1.21. The molecule has 16 heavy (non-hydrogen) atoms. The van der Waals surface area contributed by atoms with Crippen LogP contribution >= 0.6 is 0 Å². The fourth-order valence-corrected chi connectivity index (χ4v) is 1.21. The SMILES string of the molecule is CC.CNC(=O)CCc1cccc(OC)c1. The number of amides is 1. The van der Waals surface area contributed by atoms with Crippen molar-refractivity contribution < 1.29 is 9.53 Å². The zero-order chi connectivity index (χ0) is 12.4. The van der Waals surface area contributed by atoms with Crippen LogP contribution in [-0.2, 0) is 11.2 Å². The lowest BCUT2D eigenvalue weighted by atomic mass is 10.1. The van der Waals surface area contributed by atoms with E-state index in [1.165, 1.54) is 0 Å². The second kappa shape index (κ2) is 8.77. The molecule has 0 bridgehead atoms. The molecule has 1 aromatic rings. The van der Waals surface area contributed by atoms with Gasteiger partial charge in [0.25, 0.3) is 0 Å². The normalized spacial score (nSPS) is 8.75. The first-order valence-electron chi connectivity index (χ1n) is 5.59. The summed E-state index contributed by atoms with van der Waals surface area (Å²) in [6.07, 6.45) is 1.26. The third kappa shape index (κ3) is 5.39. The zero-order valence-corrected chi connectivity index (χ0v) is 10.5. The van der Waals surface area contributed by atoms with Crippen molar-refractivity contribution in [2.45, 2.75) is 26.7 Å². The molecule has 1 rings (SSSR count). The molecule has 0 radical (unpaired) electrons. The van der Waals surface area contributed by atoms with Crippen LogP contribution in [-0.4, -0.2) is 20.1 Å². The number of carbonyl (C=O) groups excluding carboxylic acids is 1. The van der Waals surface area contributed by atoms with Crippen molar-refractivity contribution in [2.75, 3.05) is 14.2 Å². The third-order valence-electron chi connectivity index (χ3n) is 2.05. The summed E-state index contributed by atoms with van der Waals surface area (Å²) in [6, 6.07) is 7.76. The number of aryl methyl sites for hydroxylation is 1. The quantitative estimate of drug-likeness (QED) is 0.851. The van der Waals surface area contributed by atoms with Crippen molar-refractivity contribution in [1.82, 2.24) is 5.32 Å². The number of methoxy groups -OCH3 is 1. The van der Waals surface area contributed by atoms with Crippen LogP contribution in [0.2, 0.25) is 0 Å². The van der Waals surface area contributed by atoms with E-state index in [1.54, 1.807) is 14.2 Å². The molecule has 1 aromatic carbocycles. The highest BCUT2D eigenvalue weighted by Gasteiger charge is 2.00. The number of ether oxygens (including phenoxy) is 1. The van der Waals surface area contributed by atoms with Crippen molar-refractivity contribution in [2.24, 2.45) is 0 Å². The fraction of sp³-hybridized carbons (Fsp3) is 0.462. The summed E-state index contributed by atoms with van der Waals surface area (Å²) in [4.78, 5) is 11.0.